The van der Waals surface area contributed by atoms with Gasteiger partial charge in [0.05, 0.1) is 11.6 Å². The molecular weight excluding hydrogens is 250 g/mol. The molecule has 0 radical (unpaired) electrons. The molecule has 0 saturated carbocycles. The van der Waals surface area contributed by atoms with Crippen molar-refractivity contribution < 1.29 is 9.59 Å². The van der Waals surface area contributed by atoms with E-state index in [1.165, 1.54) is 6.08 Å². The number of carbonyl (C=O) groups is 2. The first-order valence-electron chi connectivity index (χ1n) is 6.36. The molecule has 0 unspecified atom stereocenters. The summed E-state index contributed by atoms with van der Waals surface area (Å²) in [4.78, 5) is 23.8. The average Bonchev–Trinajstić information content (AvgIpc) is 2.40. The summed E-state index contributed by atoms with van der Waals surface area (Å²) in [5, 5.41) is 8.79. The van der Waals surface area contributed by atoms with Gasteiger partial charge in [0.25, 0.3) is 0 Å². The highest BCUT2D eigenvalue weighted by Crippen LogP contribution is 2.32. The zero-order chi connectivity index (χ0) is 14.9. The van der Waals surface area contributed by atoms with E-state index >= 15 is 0 Å². The summed E-state index contributed by atoms with van der Waals surface area (Å²) in [7, 11) is 0. The van der Waals surface area contributed by atoms with Gasteiger partial charge in [-0.2, -0.15) is 5.26 Å². The van der Waals surface area contributed by atoms with Crippen LogP contribution in [0.2, 0.25) is 0 Å². The summed E-state index contributed by atoms with van der Waals surface area (Å²) in [5.74, 6) is -0.924. The minimum absolute atomic E-state index is 0.376. The van der Waals surface area contributed by atoms with Crippen molar-refractivity contribution in [1.29, 1.82) is 5.26 Å². The number of nitrogens with zero attached hydrogens (tertiary/aromatic N) is 1. The van der Waals surface area contributed by atoms with Crippen molar-refractivity contribution in [3.05, 3.63) is 53.1 Å². The van der Waals surface area contributed by atoms with Crippen molar-refractivity contribution in [2.45, 2.75) is 20.8 Å². The van der Waals surface area contributed by atoms with Crippen LogP contribution in [0.5, 0.6) is 0 Å². The second-order valence-electron chi connectivity index (χ2n) is 5.79. The Hall–Kier alpha value is -2.47. The SMILES string of the molecule is CC(C)(C)C1=CC(c2ccc(C#N)cc2)=CC(=O)C1=O. The highest BCUT2D eigenvalue weighted by molar-refractivity contribution is 6.50. The molecular formula is C17H15NO2. The van der Waals surface area contributed by atoms with Gasteiger partial charge < -0.3 is 0 Å². The molecule has 0 N–H and O–H groups in total. The average molecular weight is 265 g/mol. The standard InChI is InChI=1S/C17H15NO2/c1-17(2,3)14-8-13(9-15(19)16(14)20)12-6-4-11(10-18)5-7-12/h4-9H,1-3H3. The lowest BCUT2D eigenvalue weighted by Gasteiger charge is -2.24. The second-order valence-corrected chi connectivity index (χ2v) is 5.79. The van der Waals surface area contributed by atoms with Crippen LogP contribution in [0.15, 0.2) is 42.0 Å². The second kappa shape index (κ2) is 4.90. The number of carbonyl (C=O) groups excluding carboxylic acids is 2. The Labute approximate surface area is 118 Å². The zero-order valence-corrected chi connectivity index (χ0v) is 11.7. The van der Waals surface area contributed by atoms with E-state index in [4.69, 9.17) is 5.26 Å². The van der Waals surface area contributed by atoms with Gasteiger partial charge in [0.15, 0.2) is 0 Å². The Balaban J connectivity index is 2.48. The molecule has 1 aromatic rings. The minimum Gasteiger partial charge on any atom is -0.286 e. The van der Waals surface area contributed by atoms with Crippen molar-refractivity contribution in [2.75, 3.05) is 0 Å². The van der Waals surface area contributed by atoms with Crippen LogP contribution >= 0.6 is 0 Å². The molecule has 1 aromatic carbocycles. The molecule has 0 amide bonds. The predicted octanol–water partition coefficient (Wildman–Crippen LogP) is 3.07. The Morgan fingerprint density at radius 1 is 1.00 bits per heavy atom. The fourth-order valence-electron chi connectivity index (χ4n) is 2.06. The van der Waals surface area contributed by atoms with Gasteiger partial charge in [-0.15, -0.1) is 0 Å². The number of hydrogen-bond acceptors (Lipinski definition) is 3. The summed E-state index contributed by atoms with van der Waals surface area (Å²) < 4.78 is 0. The smallest absolute Gasteiger partial charge is 0.229 e. The number of rotatable bonds is 1. The lowest BCUT2D eigenvalue weighted by Crippen LogP contribution is -2.26. The topological polar surface area (TPSA) is 57.9 Å². The maximum absolute atomic E-state index is 11.9. The van der Waals surface area contributed by atoms with E-state index in [0.29, 0.717) is 16.7 Å². The van der Waals surface area contributed by atoms with Crippen LogP contribution < -0.4 is 0 Å². The van der Waals surface area contributed by atoms with Gasteiger partial charge in [-0.25, -0.2) is 0 Å². The van der Waals surface area contributed by atoms with Gasteiger partial charge >= 0.3 is 0 Å². The van der Waals surface area contributed by atoms with E-state index in [1.54, 1.807) is 30.3 Å². The van der Waals surface area contributed by atoms with E-state index in [1.807, 2.05) is 20.8 Å². The Morgan fingerprint density at radius 2 is 1.60 bits per heavy atom. The van der Waals surface area contributed by atoms with Gasteiger partial charge in [-0.1, -0.05) is 32.9 Å². The molecule has 2 rings (SSSR count). The Kier molecular flexibility index (Phi) is 3.42. The fraction of sp³-hybridized carbons (Fsp3) is 0.235. The fourth-order valence-corrected chi connectivity index (χ4v) is 2.06. The highest BCUT2D eigenvalue weighted by Gasteiger charge is 2.30. The van der Waals surface area contributed by atoms with E-state index in [2.05, 4.69) is 6.07 Å². The first kappa shape index (κ1) is 14.0. The lowest BCUT2D eigenvalue weighted by atomic mass is 9.78. The lowest BCUT2D eigenvalue weighted by molar-refractivity contribution is -0.132. The van der Waals surface area contributed by atoms with E-state index in [9.17, 15) is 9.59 Å². The molecule has 0 saturated heterocycles. The predicted molar refractivity (Wildman–Crippen MR) is 76.7 cm³/mol. The van der Waals surface area contributed by atoms with Crippen molar-refractivity contribution in [3.63, 3.8) is 0 Å². The maximum Gasteiger partial charge on any atom is 0.229 e. The zero-order valence-electron chi connectivity index (χ0n) is 11.7. The van der Waals surface area contributed by atoms with Crippen LogP contribution in [-0.4, -0.2) is 11.6 Å². The van der Waals surface area contributed by atoms with Gasteiger partial charge in [0.1, 0.15) is 0 Å². The molecule has 3 heteroatoms. The van der Waals surface area contributed by atoms with E-state index in [0.717, 1.165) is 5.56 Å². The third kappa shape index (κ3) is 2.60. The molecule has 20 heavy (non-hydrogen) atoms. The largest absolute Gasteiger partial charge is 0.286 e. The summed E-state index contributed by atoms with van der Waals surface area (Å²) in [6.45, 7) is 5.73. The van der Waals surface area contributed by atoms with Crippen LogP contribution in [0.3, 0.4) is 0 Å². The summed E-state index contributed by atoms with van der Waals surface area (Å²) in [6, 6.07) is 9.01. The Bertz CT molecular complexity index is 677. The highest BCUT2D eigenvalue weighted by atomic mass is 16.2. The van der Waals surface area contributed by atoms with Crippen LogP contribution in [-0.2, 0) is 9.59 Å². The van der Waals surface area contributed by atoms with Crippen LogP contribution in [0.25, 0.3) is 5.57 Å². The molecule has 0 atom stereocenters. The third-order valence-corrected chi connectivity index (χ3v) is 3.21. The molecule has 0 fully saturated rings. The van der Waals surface area contributed by atoms with Crippen molar-refractivity contribution >= 4 is 17.1 Å². The molecule has 0 aromatic heterocycles. The summed E-state index contributed by atoms with van der Waals surface area (Å²) in [6.07, 6.45) is 3.13. The molecule has 1 aliphatic rings. The normalized spacial score (nSPS) is 15.5. The number of benzene rings is 1. The summed E-state index contributed by atoms with van der Waals surface area (Å²) >= 11 is 0. The molecule has 0 spiro atoms. The maximum atomic E-state index is 11.9. The summed E-state index contributed by atoms with van der Waals surface area (Å²) in [5.41, 5.74) is 2.24. The van der Waals surface area contributed by atoms with Crippen molar-refractivity contribution in [2.24, 2.45) is 5.41 Å². The quantitative estimate of drug-likeness (QED) is 0.579. The van der Waals surface area contributed by atoms with Crippen molar-refractivity contribution in [3.8, 4) is 6.07 Å². The van der Waals surface area contributed by atoms with Crippen LogP contribution in [0.4, 0.5) is 0 Å². The molecule has 3 nitrogen and oxygen atoms in total. The van der Waals surface area contributed by atoms with Gasteiger partial charge in [0, 0.05) is 5.57 Å². The van der Waals surface area contributed by atoms with E-state index < -0.39 is 11.6 Å². The van der Waals surface area contributed by atoms with Gasteiger partial charge in [-0.05, 0) is 40.8 Å². The molecule has 0 bridgehead atoms. The number of nitriles is 1. The number of allylic oxidation sites excluding steroid dienone is 4. The molecule has 0 aliphatic heterocycles. The van der Waals surface area contributed by atoms with Crippen molar-refractivity contribution in [1.82, 2.24) is 0 Å². The van der Waals surface area contributed by atoms with E-state index in [-0.39, 0.29) is 5.41 Å². The number of Topliss-reactive ketones (excluding diaryl/α,β-unsaturated/α-hetero) is 1. The van der Waals surface area contributed by atoms with Crippen LogP contribution in [0.1, 0.15) is 31.9 Å². The van der Waals surface area contributed by atoms with Gasteiger partial charge in [-0.3, -0.25) is 9.59 Å². The third-order valence-electron chi connectivity index (χ3n) is 3.21. The monoisotopic (exact) mass is 265 g/mol. The first-order valence-corrected chi connectivity index (χ1v) is 6.36. The molecule has 0 heterocycles. The molecule has 1 aliphatic carbocycles. The Morgan fingerprint density at radius 3 is 2.10 bits per heavy atom. The first-order chi connectivity index (χ1) is 9.32. The number of hydrogen-bond donors (Lipinski definition) is 0. The molecule has 100 valence electrons. The number of ketones is 2. The van der Waals surface area contributed by atoms with Gasteiger partial charge in [0.2, 0.25) is 11.6 Å². The minimum atomic E-state index is -0.489. The van der Waals surface area contributed by atoms with Crippen LogP contribution in [0, 0.1) is 16.7 Å².